The van der Waals surface area contributed by atoms with E-state index >= 15 is 0 Å². The molecule has 1 atom stereocenters. The van der Waals surface area contributed by atoms with Gasteiger partial charge in [-0.3, -0.25) is 14.6 Å². The number of carbonyl (C=O) groups is 2. The molecule has 4 rings (SSSR count). The Morgan fingerprint density at radius 2 is 1.66 bits per heavy atom. The van der Waals surface area contributed by atoms with Crippen molar-refractivity contribution in [3.63, 3.8) is 0 Å². The quantitative estimate of drug-likeness (QED) is 0.671. The number of aromatic nitrogens is 1. The number of carbonyl (C=O) groups excluding carboxylic acids is 2. The Kier molecular flexibility index (Phi) is 6.28. The van der Waals surface area contributed by atoms with Crippen LogP contribution in [0.15, 0.2) is 73.1 Å². The fourth-order valence-electron chi connectivity index (χ4n) is 3.97. The Hall–Kier alpha value is -3.58. The molecular formula is C25H24FN3O3. The van der Waals surface area contributed by atoms with Gasteiger partial charge in [-0.25, -0.2) is 4.39 Å². The summed E-state index contributed by atoms with van der Waals surface area (Å²) in [6.07, 6.45) is 3.46. The molecule has 6 nitrogen and oxygen atoms in total. The summed E-state index contributed by atoms with van der Waals surface area (Å²) in [5, 5.41) is 2.69. The third kappa shape index (κ3) is 4.53. The van der Waals surface area contributed by atoms with Gasteiger partial charge in [-0.15, -0.1) is 0 Å². The third-order valence-electron chi connectivity index (χ3n) is 5.66. The molecule has 32 heavy (non-hydrogen) atoms. The maximum absolute atomic E-state index is 13.2. The zero-order valence-corrected chi connectivity index (χ0v) is 17.8. The number of likely N-dealkylation sites (N-methyl/N-ethyl adjacent to an activating group) is 1. The van der Waals surface area contributed by atoms with Crippen molar-refractivity contribution in [3.8, 4) is 11.1 Å². The van der Waals surface area contributed by atoms with Crippen LogP contribution in [0.5, 0.6) is 0 Å². The second kappa shape index (κ2) is 9.28. The molecule has 1 aromatic heterocycles. The van der Waals surface area contributed by atoms with Crippen LogP contribution in [0, 0.1) is 5.82 Å². The largest absolute Gasteiger partial charge is 0.361 e. The summed E-state index contributed by atoms with van der Waals surface area (Å²) in [6.45, 7) is 0.814. The molecule has 0 aliphatic carbocycles. The molecule has 0 radical (unpaired) electrons. The van der Waals surface area contributed by atoms with E-state index in [-0.39, 0.29) is 30.8 Å². The van der Waals surface area contributed by atoms with Gasteiger partial charge in [-0.1, -0.05) is 36.4 Å². The predicted octanol–water partition coefficient (Wildman–Crippen LogP) is 3.09. The van der Waals surface area contributed by atoms with Crippen molar-refractivity contribution in [1.82, 2.24) is 15.2 Å². The van der Waals surface area contributed by atoms with E-state index in [9.17, 15) is 14.0 Å². The number of nitrogens with zero attached hydrogens (tertiary/aromatic N) is 2. The Morgan fingerprint density at radius 3 is 2.28 bits per heavy atom. The molecule has 0 spiro atoms. The summed E-state index contributed by atoms with van der Waals surface area (Å²) in [5.41, 5.74) is 2.09. The molecule has 1 aliphatic heterocycles. The van der Waals surface area contributed by atoms with E-state index in [1.54, 1.807) is 48.6 Å². The van der Waals surface area contributed by atoms with E-state index in [1.165, 1.54) is 12.1 Å². The van der Waals surface area contributed by atoms with Crippen molar-refractivity contribution < 1.29 is 18.7 Å². The highest BCUT2D eigenvalue weighted by Gasteiger charge is 2.44. The first-order valence-electron chi connectivity index (χ1n) is 10.4. The van der Waals surface area contributed by atoms with E-state index in [0.717, 1.165) is 16.7 Å². The molecule has 2 amide bonds. The van der Waals surface area contributed by atoms with Gasteiger partial charge in [0.15, 0.2) is 5.60 Å². The smallest absolute Gasteiger partial charge is 0.254 e. The molecule has 2 aromatic carbocycles. The van der Waals surface area contributed by atoms with E-state index in [0.29, 0.717) is 18.5 Å². The molecule has 2 heterocycles. The lowest BCUT2D eigenvalue weighted by Crippen LogP contribution is -2.61. The Balaban J connectivity index is 1.56. The number of pyridine rings is 1. The van der Waals surface area contributed by atoms with Crippen LogP contribution in [0.4, 0.5) is 4.39 Å². The molecule has 7 heteroatoms. The van der Waals surface area contributed by atoms with Gasteiger partial charge >= 0.3 is 0 Å². The zero-order chi connectivity index (χ0) is 22.6. The number of nitrogens with one attached hydrogen (secondary N) is 1. The first-order chi connectivity index (χ1) is 15.5. The fraction of sp³-hybridized carbons (Fsp3) is 0.240. The fourth-order valence-corrected chi connectivity index (χ4v) is 3.97. The van der Waals surface area contributed by atoms with Crippen LogP contribution in [0.2, 0.25) is 0 Å². The van der Waals surface area contributed by atoms with Crippen LogP contribution in [0.3, 0.4) is 0 Å². The van der Waals surface area contributed by atoms with Gasteiger partial charge in [0.2, 0.25) is 0 Å². The van der Waals surface area contributed by atoms with Crippen molar-refractivity contribution in [2.75, 3.05) is 26.7 Å². The van der Waals surface area contributed by atoms with Gasteiger partial charge in [0.25, 0.3) is 11.8 Å². The lowest BCUT2D eigenvalue weighted by atomic mass is 9.90. The highest BCUT2D eigenvalue weighted by molar-refractivity contribution is 5.95. The van der Waals surface area contributed by atoms with Gasteiger partial charge in [-0.05, 0) is 41.0 Å². The second-order valence-electron chi connectivity index (χ2n) is 7.77. The number of ether oxygens (including phenoxy) is 1. The Morgan fingerprint density at radius 1 is 1.03 bits per heavy atom. The molecular weight excluding hydrogens is 409 g/mol. The topological polar surface area (TPSA) is 71.5 Å². The molecule has 1 fully saturated rings. The standard InChI is InChI=1S/C25H24FN3O3/c1-27-24(31)25(17-29(14-15-32-25)23(30)21-10-12-28-13-11-21)16-18-2-4-19(5-3-18)20-6-8-22(26)9-7-20/h2-13H,14-17H2,1H3,(H,27,31)/t25-/m0/s1. The first-order valence-corrected chi connectivity index (χ1v) is 10.4. The highest BCUT2D eigenvalue weighted by Crippen LogP contribution is 2.27. The van der Waals surface area contributed by atoms with Crippen LogP contribution >= 0.6 is 0 Å². The maximum atomic E-state index is 13.2. The van der Waals surface area contributed by atoms with E-state index in [1.807, 2.05) is 24.3 Å². The van der Waals surface area contributed by atoms with Crippen LogP contribution in [-0.4, -0.2) is 54.0 Å². The summed E-state index contributed by atoms with van der Waals surface area (Å²) >= 11 is 0. The van der Waals surface area contributed by atoms with Gasteiger partial charge < -0.3 is 15.0 Å². The Labute approximate surface area is 186 Å². The number of rotatable bonds is 5. The summed E-state index contributed by atoms with van der Waals surface area (Å²) in [4.78, 5) is 31.5. The van der Waals surface area contributed by atoms with Crippen LogP contribution in [-0.2, 0) is 16.0 Å². The number of amides is 2. The average Bonchev–Trinajstić information content (AvgIpc) is 2.85. The SMILES string of the molecule is CNC(=O)[C@]1(Cc2ccc(-c3ccc(F)cc3)cc2)CN(C(=O)c2ccncc2)CCO1. The summed E-state index contributed by atoms with van der Waals surface area (Å²) < 4.78 is 19.2. The van der Waals surface area contributed by atoms with Crippen molar-refractivity contribution in [1.29, 1.82) is 0 Å². The summed E-state index contributed by atoms with van der Waals surface area (Å²) in [6, 6.07) is 17.3. The minimum absolute atomic E-state index is 0.146. The maximum Gasteiger partial charge on any atom is 0.254 e. The lowest BCUT2D eigenvalue weighted by molar-refractivity contribution is -0.156. The second-order valence-corrected chi connectivity index (χ2v) is 7.77. The van der Waals surface area contributed by atoms with Gasteiger partial charge in [0.1, 0.15) is 5.82 Å². The molecule has 1 saturated heterocycles. The Bertz CT molecular complexity index is 1090. The predicted molar refractivity (Wildman–Crippen MR) is 118 cm³/mol. The third-order valence-corrected chi connectivity index (χ3v) is 5.66. The molecule has 1 aliphatic rings. The normalized spacial score (nSPS) is 18.2. The first kappa shape index (κ1) is 21.6. The van der Waals surface area contributed by atoms with Crippen LogP contribution in [0.1, 0.15) is 15.9 Å². The van der Waals surface area contributed by atoms with Crippen molar-refractivity contribution in [2.24, 2.45) is 0 Å². The number of morpholine rings is 1. The van der Waals surface area contributed by atoms with Gasteiger partial charge in [0, 0.05) is 38.0 Å². The number of halogens is 1. The van der Waals surface area contributed by atoms with Gasteiger partial charge in [-0.2, -0.15) is 0 Å². The van der Waals surface area contributed by atoms with Crippen LogP contribution < -0.4 is 5.32 Å². The average molecular weight is 433 g/mol. The molecule has 164 valence electrons. The van der Waals surface area contributed by atoms with E-state index < -0.39 is 5.60 Å². The van der Waals surface area contributed by atoms with Crippen molar-refractivity contribution in [3.05, 3.63) is 90.0 Å². The lowest BCUT2D eigenvalue weighted by Gasteiger charge is -2.41. The van der Waals surface area contributed by atoms with Crippen LogP contribution in [0.25, 0.3) is 11.1 Å². The van der Waals surface area contributed by atoms with E-state index in [4.69, 9.17) is 4.74 Å². The minimum Gasteiger partial charge on any atom is -0.361 e. The molecule has 1 N–H and O–H groups in total. The molecule has 0 saturated carbocycles. The monoisotopic (exact) mass is 433 g/mol. The molecule has 0 unspecified atom stereocenters. The summed E-state index contributed by atoms with van der Waals surface area (Å²) in [7, 11) is 1.56. The minimum atomic E-state index is -1.19. The number of hydrogen-bond donors (Lipinski definition) is 1. The highest BCUT2D eigenvalue weighted by atomic mass is 19.1. The van der Waals surface area contributed by atoms with Crippen molar-refractivity contribution >= 4 is 11.8 Å². The van der Waals surface area contributed by atoms with Crippen molar-refractivity contribution in [2.45, 2.75) is 12.0 Å². The molecule has 0 bridgehead atoms. The van der Waals surface area contributed by atoms with E-state index in [2.05, 4.69) is 10.3 Å². The van der Waals surface area contributed by atoms with Gasteiger partial charge in [0.05, 0.1) is 13.2 Å². The summed E-state index contributed by atoms with van der Waals surface area (Å²) in [5.74, 6) is -0.707. The number of hydrogen-bond acceptors (Lipinski definition) is 4. The molecule has 3 aromatic rings. The number of benzene rings is 2. The zero-order valence-electron chi connectivity index (χ0n) is 17.8.